The number of aliphatic hydroxyl groups is 1. The van der Waals surface area contributed by atoms with E-state index in [1.54, 1.807) is 6.92 Å². The number of carbonyl (C=O) groups excluding carboxylic acids is 1. The molecular formula is C14H13ClFN3O2. The molecule has 0 aliphatic heterocycles. The summed E-state index contributed by atoms with van der Waals surface area (Å²) in [4.78, 5) is 19.7. The molecule has 0 aliphatic rings. The third-order valence-electron chi connectivity index (χ3n) is 2.80. The molecular weight excluding hydrogens is 297 g/mol. The van der Waals surface area contributed by atoms with E-state index in [-0.39, 0.29) is 17.3 Å². The molecule has 21 heavy (non-hydrogen) atoms. The maximum Gasteiger partial charge on any atom is 0.271 e. The number of amides is 1. The van der Waals surface area contributed by atoms with E-state index in [0.717, 1.165) is 6.07 Å². The van der Waals surface area contributed by atoms with Crippen molar-refractivity contribution in [1.82, 2.24) is 15.3 Å². The van der Waals surface area contributed by atoms with Gasteiger partial charge in [0.05, 0.1) is 23.0 Å². The van der Waals surface area contributed by atoms with Crippen LogP contribution in [0.15, 0.2) is 30.6 Å². The summed E-state index contributed by atoms with van der Waals surface area (Å²) in [6.45, 7) is 1.68. The number of benzene rings is 1. The van der Waals surface area contributed by atoms with E-state index in [1.165, 1.54) is 24.5 Å². The molecule has 1 aromatic heterocycles. The number of aliphatic hydroxyl groups excluding tert-OH is 1. The zero-order chi connectivity index (χ0) is 15.4. The Hall–Kier alpha value is -2.05. The summed E-state index contributed by atoms with van der Waals surface area (Å²) in [5.74, 6) is -1.08. The summed E-state index contributed by atoms with van der Waals surface area (Å²) in [6.07, 6.45) is 1.78. The predicted octanol–water partition coefficient (Wildman–Crippen LogP) is 2.04. The maximum atomic E-state index is 13.3. The Kier molecular flexibility index (Phi) is 4.82. The fourth-order valence-corrected chi connectivity index (χ4v) is 1.74. The monoisotopic (exact) mass is 309 g/mol. The summed E-state index contributed by atoms with van der Waals surface area (Å²) < 4.78 is 13.3. The lowest BCUT2D eigenvalue weighted by atomic mass is 10.1. The van der Waals surface area contributed by atoms with Crippen molar-refractivity contribution in [1.29, 1.82) is 0 Å². The molecule has 0 radical (unpaired) electrons. The predicted molar refractivity (Wildman–Crippen MR) is 75.5 cm³/mol. The van der Waals surface area contributed by atoms with Crippen molar-refractivity contribution in [3.63, 3.8) is 0 Å². The Morgan fingerprint density at radius 1 is 1.43 bits per heavy atom. The second-order valence-corrected chi connectivity index (χ2v) is 4.85. The number of aromatic nitrogens is 2. The number of hydrogen-bond donors (Lipinski definition) is 2. The van der Waals surface area contributed by atoms with Crippen LogP contribution in [0.3, 0.4) is 0 Å². The second-order valence-electron chi connectivity index (χ2n) is 4.44. The van der Waals surface area contributed by atoms with Crippen LogP contribution in [0.25, 0.3) is 0 Å². The summed E-state index contributed by atoms with van der Waals surface area (Å²) in [5.41, 5.74) is 1.17. The third kappa shape index (κ3) is 3.96. The molecule has 1 aromatic carbocycles. The van der Waals surface area contributed by atoms with Crippen molar-refractivity contribution in [2.24, 2.45) is 0 Å². The van der Waals surface area contributed by atoms with Crippen LogP contribution >= 0.6 is 11.6 Å². The molecule has 110 valence electrons. The van der Waals surface area contributed by atoms with Crippen LogP contribution in [-0.4, -0.2) is 27.5 Å². The van der Waals surface area contributed by atoms with Gasteiger partial charge in [-0.2, -0.15) is 0 Å². The largest absolute Gasteiger partial charge is 0.387 e. The first-order chi connectivity index (χ1) is 9.97. The average Bonchev–Trinajstić information content (AvgIpc) is 2.48. The molecule has 0 fully saturated rings. The Labute approximate surface area is 125 Å². The lowest BCUT2D eigenvalue weighted by Crippen LogP contribution is -2.29. The third-order valence-corrected chi connectivity index (χ3v) is 3.10. The minimum atomic E-state index is -1.04. The van der Waals surface area contributed by atoms with E-state index in [9.17, 15) is 14.3 Å². The van der Waals surface area contributed by atoms with Crippen molar-refractivity contribution in [3.05, 3.63) is 58.4 Å². The molecule has 0 aliphatic carbocycles. The number of nitrogens with one attached hydrogen (secondary N) is 1. The minimum absolute atomic E-state index is 0.0232. The number of carbonyl (C=O) groups is 1. The Morgan fingerprint density at radius 3 is 2.81 bits per heavy atom. The van der Waals surface area contributed by atoms with Crippen molar-refractivity contribution < 1.29 is 14.3 Å². The average molecular weight is 310 g/mol. The Bertz CT molecular complexity index is 649. The molecule has 5 nitrogen and oxygen atoms in total. The van der Waals surface area contributed by atoms with Crippen LogP contribution in [0.4, 0.5) is 4.39 Å². The Balaban J connectivity index is 1.97. The molecule has 1 heterocycles. The van der Waals surface area contributed by atoms with Gasteiger partial charge in [0.15, 0.2) is 0 Å². The highest BCUT2D eigenvalue weighted by molar-refractivity contribution is 6.30. The van der Waals surface area contributed by atoms with Gasteiger partial charge in [0.1, 0.15) is 11.5 Å². The summed E-state index contributed by atoms with van der Waals surface area (Å²) >= 11 is 5.56. The second kappa shape index (κ2) is 6.60. The molecule has 7 heteroatoms. The first-order valence-electron chi connectivity index (χ1n) is 6.17. The number of nitrogens with zero attached hydrogens (tertiary/aromatic N) is 2. The molecule has 0 bridgehead atoms. The van der Waals surface area contributed by atoms with Crippen molar-refractivity contribution in [2.45, 2.75) is 13.0 Å². The summed E-state index contributed by atoms with van der Waals surface area (Å²) in [7, 11) is 0. The van der Waals surface area contributed by atoms with Crippen LogP contribution in [-0.2, 0) is 0 Å². The van der Waals surface area contributed by atoms with Gasteiger partial charge >= 0.3 is 0 Å². The van der Waals surface area contributed by atoms with E-state index in [0.29, 0.717) is 11.3 Å². The van der Waals surface area contributed by atoms with Gasteiger partial charge in [-0.25, -0.2) is 9.37 Å². The van der Waals surface area contributed by atoms with Crippen LogP contribution < -0.4 is 5.32 Å². The van der Waals surface area contributed by atoms with Crippen molar-refractivity contribution in [2.75, 3.05) is 6.54 Å². The molecule has 2 aromatic rings. The van der Waals surface area contributed by atoms with Gasteiger partial charge < -0.3 is 10.4 Å². The molecule has 2 N–H and O–H groups in total. The quantitative estimate of drug-likeness (QED) is 0.906. The molecule has 0 saturated carbocycles. The molecule has 1 unspecified atom stereocenters. The summed E-state index contributed by atoms with van der Waals surface area (Å²) in [6, 6.07) is 3.97. The van der Waals surface area contributed by atoms with Crippen LogP contribution in [0.5, 0.6) is 0 Å². The number of hydrogen-bond acceptors (Lipinski definition) is 4. The molecule has 1 amide bonds. The zero-order valence-corrected chi connectivity index (χ0v) is 11.9. The van der Waals surface area contributed by atoms with Gasteiger partial charge in [0.25, 0.3) is 5.91 Å². The first-order valence-corrected chi connectivity index (χ1v) is 6.55. The first kappa shape index (κ1) is 15.3. The van der Waals surface area contributed by atoms with Crippen molar-refractivity contribution >= 4 is 17.5 Å². The lowest BCUT2D eigenvalue weighted by molar-refractivity contribution is 0.0911. The topological polar surface area (TPSA) is 75.1 Å². The number of rotatable bonds is 4. The Morgan fingerprint density at radius 2 is 2.19 bits per heavy atom. The van der Waals surface area contributed by atoms with E-state index in [1.807, 2.05) is 0 Å². The maximum absolute atomic E-state index is 13.3. The normalized spacial score (nSPS) is 12.0. The standard InChI is InChI=1S/C14H13ClFN3O2/c1-8-5-18-12(6-17-8)14(21)19-7-13(20)9-2-3-10(15)11(16)4-9/h2-6,13,20H,7H2,1H3,(H,19,21). The van der Waals surface area contributed by atoms with Gasteiger partial charge in [-0.15, -0.1) is 0 Å². The van der Waals surface area contributed by atoms with Crippen LogP contribution in [0.1, 0.15) is 27.8 Å². The van der Waals surface area contributed by atoms with Gasteiger partial charge in [-0.1, -0.05) is 17.7 Å². The highest BCUT2D eigenvalue weighted by atomic mass is 35.5. The van der Waals surface area contributed by atoms with Gasteiger partial charge in [-0.05, 0) is 24.6 Å². The smallest absolute Gasteiger partial charge is 0.271 e. The number of halogens is 2. The van der Waals surface area contributed by atoms with Crippen LogP contribution in [0.2, 0.25) is 5.02 Å². The molecule has 1 atom stereocenters. The molecule has 0 saturated heterocycles. The van der Waals surface area contributed by atoms with E-state index < -0.39 is 17.8 Å². The molecule has 0 spiro atoms. The van der Waals surface area contributed by atoms with Gasteiger partial charge in [0.2, 0.25) is 0 Å². The van der Waals surface area contributed by atoms with Gasteiger partial charge in [0, 0.05) is 12.7 Å². The lowest BCUT2D eigenvalue weighted by Gasteiger charge is -2.12. The van der Waals surface area contributed by atoms with E-state index in [2.05, 4.69) is 15.3 Å². The fourth-order valence-electron chi connectivity index (χ4n) is 1.63. The van der Waals surface area contributed by atoms with Crippen molar-refractivity contribution in [3.8, 4) is 0 Å². The highest BCUT2D eigenvalue weighted by Crippen LogP contribution is 2.19. The SMILES string of the molecule is Cc1cnc(C(=O)NCC(O)c2ccc(Cl)c(F)c2)cn1. The molecule has 2 rings (SSSR count). The number of aryl methyl sites for hydroxylation is 1. The van der Waals surface area contributed by atoms with Gasteiger partial charge in [-0.3, -0.25) is 9.78 Å². The fraction of sp³-hybridized carbons (Fsp3) is 0.214. The van der Waals surface area contributed by atoms with E-state index >= 15 is 0 Å². The van der Waals surface area contributed by atoms with E-state index in [4.69, 9.17) is 11.6 Å². The summed E-state index contributed by atoms with van der Waals surface area (Å²) in [5, 5.41) is 12.4. The minimum Gasteiger partial charge on any atom is -0.387 e. The highest BCUT2D eigenvalue weighted by Gasteiger charge is 2.13. The zero-order valence-electron chi connectivity index (χ0n) is 11.2. The van der Waals surface area contributed by atoms with Crippen LogP contribution in [0, 0.1) is 12.7 Å².